The van der Waals surface area contributed by atoms with Crippen LogP contribution in [0, 0.1) is 0 Å². The molecule has 1 heterocycles. The first kappa shape index (κ1) is 15.0. The number of carbonyl (C=O) groups is 1. The van der Waals surface area contributed by atoms with Crippen molar-refractivity contribution in [2.24, 2.45) is 0 Å². The summed E-state index contributed by atoms with van der Waals surface area (Å²) in [6.45, 7) is 1.25. The van der Waals surface area contributed by atoms with Crippen LogP contribution >= 0.6 is 0 Å². The van der Waals surface area contributed by atoms with Crippen molar-refractivity contribution in [1.82, 2.24) is 5.32 Å². The summed E-state index contributed by atoms with van der Waals surface area (Å²) in [5.74, 6) is -0.254. The van der Waals surface area contributed by atoms with Crippen molar-refractivity contribution in [3.8, 4) is 0 Å². The van der Waals surface area contributed by atoms with E-state index in [0.29, 0.717) is 17.7 Å². The lowest BCUT2D eigenvalue weighted by molar-refractivity contribution is 0.0857. The molecule has 0 aliphatic carbocycles. The average molecular weight is 297 g/mol. The lowest BCUT2D eigenvalue weighted by Gasteiger charge is -2.11. The molecule has 1 aromatic carbocycles. The molecule has 5 nitrogen and oxygen atoms in total. The van der Waals surface area contributed by atoms with E-state index in [1.165, 1.54) is 6.26 Å². The van der Waals surface area contributed by atoms with E-state index in [9.17, 15) is 13.2 Å². The van der Waals surface area contributed by atoms with E-state index in [4.69, 9.17) is 4.74 Å². The molecular weight excluding hydrogens is 278 g/mol. The Balaban J connectivity index is 1.96. The molecule has 0 radical (unpaired) electrons. The zero-order valence-corrected chi connectivity index (χ0v) is 12.3. The smallest absolute Gasteiger partial charge is 0.251 e. The van der Waals surface area contributed by atoms with Crippen molar-refractivity contribution < 1.29 is 17.9 Å². The largest absolute Gasteiger partial charge is 0.376 e. The Morgan fingerprint density at radius 3 is 2.90 bits per heavy atom. The molecule has 1 atom stereocenters. The van der Waals surface area contributed by atoms with Crippen LogP contribution in [0.4, 0.5) is 0 Å². The van der Waals surface area contributed by atoms with Gasteiger partial charge >= 0.3 is 0 Å². The highest BCUT2D eigenvalue weighted by Crippen LogP contribution is 2.12. The number of carbonyl (C=O) groups excluding carboxylic acids is 1. The van der Waals surface area contributed by atoms with Crippen molar-refractivity contribution >= 4 is 15.7 Å². The average Bonchev–Trinajstić information content (AvgIpc) is 2.87. The molecular formula is C14H19NO4S. The summed E-state index contributed by atoms with van der Waals surface area (Å²) >= 11 is 0. The number of rotatable bonds is 5. The molecule has 2 rings (SSSR count). The van der Waals surface area contributed by atoms with Gasteiger partial charge in [-0.1, -0.05) is 12.1 Å². The van der Waals surface area contributed by atoms with Gasteiger partial charge in [0.25, 0.3) is 5.91 Å². The number of amides is 1. The summed E-state index contributed by atoms with van der Waals surface area (Å²) in [4.78, 5) is 12.0. The Morgan fingerprint density at radius 2 is 2.25 bits per heavy atom. The van der Waals surface area contributed by atoms with Crippen LogP contribution in [0.3, 0.4) is 0 Å². The summed E-state index contributed by atoms with van der Waals surface area (Å²) < 4.78 is 28.0. The first-order valence-electron chi connectivity index (χ1n) is 6.60. The van der Waals surface area contributed by atoms with Crippen molar-refractivity contribution in [1.29, 1.82) is 0 Å². The number of sulfone groups is 1. The quantitative estimate of drug-likeness (QED) is 0.884. The van der Waals surface area contributed by atoms with E-state index in [1.807, 2.05) is 0 Å². The number of ether oxygens (including phenoxy) is 1. The zero-order chi connectivity index (χ0) is 14.6. The van der Waals surface area contributed by atoms with Crippen LogP contribution in [-0.4, -0.2) is 39.8 Å². The maximum atomic E-state index is 12.0. The number of hydrogen-bond acceptors (Lipinski definition) is 4. The van der Waals surface area contributed by atoms with Gasteiger partial charge in [0.05, 0.1) is 11.9 Å². The summed E-state index contributed by atoms with van der Waals surface area (Å²) in [6, 6.07) is 6.70. The predicted octanol–water partition coefficient (Wildman–Crippen LogP) is 1.14. The van der Waals surface area contributed by atoms with Crippen LogP contribution in [0.15, 0.2) is 24.3 Å². The Kier molecular flexibility index (Phi) is 4.77. The Labute approximate surface area is 119 Å². The number of benzene rings is 1. The molecule has 6 heteroatoms. The third-order valence-corrected chi connectivity index (χ3v) is 3.99. The highest BCUT2D eigenvalue weighted by Gasteiger charge is 2.17. The highest BCUT2D eigenvalue weighted by atomic mass is 32.2. The minimum atomic E-state index is -3.10. The molecule has 1 aliphatic heterocycles. The maximum Gasteiger partial charge on any atom is 0.251 e. The molecule has 1 amide bonds. The van der Waals surface area contributed by atoms with E-state index in [2.05, 4.69) is 5.32 Å². The molecule has 110 valence electrons. The van der Waals surface area contributed by atoms with Crippen LogP contribution in [0.25, 0.3) is 0 Å². The van der Waals surface area contributed by atoms with Gasteiger partial charge in [-0.15, -0.1) is 0 Å². The van der Waals surface area contributed by atoms with Gasteiger partial charge in [-0.05, 0) is 30.5 Å². The molecule has 1 saturated heterocycles. The van der Waals surface area contributed by atoms with Crippen molar-refractivity contribution in [3.05, 3.63) is 35.4 Å². The van der Waals surface area contributed by atoms with Gasteiger partial charge in [0.1, 0.15) is 0 Å². The zero-order valence-electron chi connectivity index (χ0n) is 11.5. The van der Waals surface area contributed by atoms with Gasteiger partial charge in [-0.2, -0.15) is 0 Å². The van der Waals surface area contributed by atoms with Gasteiger partial charge < -0.3 is 10.1 Å². The van der Waals surface area contributed by atoms with E-state index in [-0.39, 0.29) is 17.8 Å². The van der Waals surface area contributed by atoms with Crippen LogP contribution in [0.2, 0.25) is 0 Å². The molecule has 1 aliphatic rings. The summed E-state index contributed by atoms with van der Waals surface area (Å²) in [5.41, 5.74) is 1.10. The fourth-order valence-corrected chi connectivity index (χ4v) is 3.00. The van der Waals surface area contributed by atoms with Gasteiger partial charge in [-0.25, -0.2) is 8.42 Å². The van der Waals surface area contributed by atoms with Gasteiger partial charge in [-0.3, -0.25) is 4.79 Å². The molecule has 1 fully saturated rings. The van der Waals surface area contributed by atoms with Crippen molar-refractivity contribution in [2.75, 3.05) is 19.4 Å². The van der Waals surface area contributed by atoms with Gasteiger partial charge in [0, 0.05) is 25.0 Å². The monoisotopic (exact) mass is 297 g/mol. The van der Waals surface area contributed by atoms with Crippen molar-refractivity contribution in [3.63, 3.8) is 0 Å². The normalized spacial score (nSPS) is 18.9. The number of nitrogens with one attached hydrogen (secondary N) is 1. The fourth-order valence-electron chi connectivity index (χ4n) is 2.22. The summed E-state index contributed by atoms with van der Waals surface area (Å²) in [6.07, 6.45) is 3.27. The van der Waals surface area contributed by atoms with E-state index >= 15 is 0 Å². The van der Waals surface area contributed by atoms with Crippen LogP contribution in [0.5, 0.6) is 0 Å². The SMILES string of the molecule is CS(=O)(=O)Cc1cccc(C(=O)NC[C@H]2CCCO2)c1. The molecule has 20 heavy (non-hydrogen) atoms. The second-order valence-electron chi connectivity index (χ2n) is 5.12. The minimum Gasteiger partial charge on any atom is -0.376 e. The molecule has 0 aromatic heterocycles. The molecule has 1 N–H and O–H groups in total. The standard InChI is InChI=1S/C14H19NO4S/c1-20(17,18)10-11-4-2-5-12(8-11)14(16)15-9-13-6-3-7-19-13/h2,4-5,8,13H,3,6-7,9-10H2,1H3,(H,15,16)/t13-/m1/s1. The van der Waals surface area contributed by atoms with Crippen molar-refractivity contribution in [2.45, 2.75) is 24.7 Å². The Bertz CT molecular complexity index is 577. The van der Waals surface area contributed by atoms with E-state index < -0.39 is 9.84 Å². The predicted molar refractivity (Wildman–Crippen MR) is 76.3 cm³/mol. The molecule has 0 bridgehead atoms. The van der Waals surface area contributed by atoms with Crippen LogP contribution in [0.1, 0.15) is 28.8 Å². The minimum absolute atomic E-state index is 0.0557. The van der Waals surface area contributed by atoms with Gasteiger partial charge in [0.15, 0.2) is 9.84 Å². The Hall–Kier alpha value is -1.40. The molecule has 1 aromatic rings. The first-order valence-corrected chi connectivity index (χ1v) is 8.66. The van der Waals surface area contributed by atoms with Gasteiger partial charge in [0.2, 0.25) is 0 Å². The molecule has 0 saturated carbocycles. The first-order chi connectivity index (χ1) is 9.44. The lowest BCUT2D eigenvalue weighted by Crippen LogP contribution is -2.31. The summed E-state index contributed by atoms with van der Waals surface area (Å²) in [7, 11) is -3.10. The summed E-state index contributed by atoms with van der Waals surface area (Å²) in [5, 5.41) is 2.82. The number of hydrogen-bond donors (Lipinski definition) is 1. The lowest BCUT2D eigenvalue weighted by atomic mass is 10.1. The third kappa shape index (κ3) is 4.61. The topological polar surface area (TPSA) is 72.5 Å². The fraction of sp³-hybridized carbons (Fsp3) is 0.500. The van der Waals surface area contributed by atoms with E-state index in [1.54, 1.807) is 24.3 Å². The third-order valence-electron chi connectivity index (χ3n) is 3.13. The highest BCUT2D eigenvalue weighted by molar-refractivity contribution is 7.89. The second kappa shape index (κ2) is 6.37. The van der Waals surface area contributed by atoms with E-state index in [0.717, 1.165) is 19.4 Å². The molecule has 0 spiro atoms. The van der Waals surface area contributed by atoms with Crippen LogP contribution < -0.4 is 5.32 Å². The van der Waals surface area contributed by atoms with Crippen LogP contribution in [-0.2, 0) is 20.3 Å². The Morgan fingerprint density at radius 1 is 1.45 bits per heavy atom. The maximum absolute atomic E-state index is 12.0. The molecule has 0 unspecified atom stereocenters. The second-order valence-corrected chi connectivity index (χ2v) is 7.26.